The Morgan fingerprint density at radius 2 is 1.61 bits per heavy atom. The van der Waals surface area contributed by atoms with Gasteiger partial charge in [-0.05, 0) is 74.9 Å². The first kappa shape index (κ1) is 43.1. The molecule has 51 heavy (non-hydrogen) atoms. The number of likely N-dealkylation sites (N-methyl/N-ethyl adjacent to an activating group) is 1. The highest BCUT2D eigenvalue weighted by atomic mass is 19.4. The average Bonchev–Trinajstić information content (AvgIpc) is 3.43. The highest BCUT2D eigenvalue weighted by Crippen LogP contribution is 2.40. The summed E-state index contributed by atoms with van der Waals surface area (Å²) in [6.45, 7) is 20.6. The molecule has 1 unspecified atom stereocenters. The second-order valence-corrected chi connectivity index (χ2v) is 13.4. The number of nitrogens with zero attached hydrogens (tertiary/aromatic N) is 2. The van der Waals surface area contributed by atoms with E-state index >= 15 is 0 Å². The zero-order valence-electron chi connectivity index (χ0n) is 32.4. The summed E-state index contributed by atoms with van der Waals surface area (Å²) in [5, 5.41) is 12.3. The summed E-state index contributed by atoms with van der Waals surface area (Å²) in [6.07, 6.45) is 1.47. The molecule has 4 rings (SSSR count). The Kier molecular flexibility index (Phi) is 16.0. The Morgan fingerprint density at radius 3 is 2.10 bits per heavy atom. The summed E-state index contributed by atoms with van der Waals surface area (Å²) in [5.41, 5.74) is 6.67. The molecule has 2 heterocycles. The molecule has 0 fully saturated rings. The molecule has 0 aliphatic carbocycles. The van der Waals surface area contributed by atoms with Crippen LogP contribution in [0.1, 0.15) is 131 Å². The molecule has 9 heteroatoms. The standard InChI is InChI=1S/C30H38F3N3O2.C10H14O.C2H6/c1-8-19(3)10-15-24(34-7)28(38)35-17-23-26(20(4)37)25(9-2)36(27(23)29(5,6)18-35)16-21-11-13-22(14-12-21)30(31,32)33;1-3-9-5-4-6-10(7-9)8(2)11;1-2/h10-15,34H,8-9,16-18H2,1-7H3;4-8,11H,3H2,1-2H3;1-2H3/b19-10?,24-15-;;. The van der Waals surface area contributed by atoms with Crippen molar-refractivity contribution in [2.24, 2.45) is 0 Å². The van der Waals surface area contributed by atoms with Gasteiger partial charge in [0.15, 0.2) is 5.78 Å². The number of carbonyl (C=O) groups is 2. The van der Waals surface area contributed by atoms with Crippen LogP contribution in [0.2, 0.25) is 0 Å². The lowest BCUT2D eigenvalue weighted by Crippen LogP contribution is -2.47. The maximum absolute atomic E-state index is 13.6. The minimum atomic E-state index is -4.40. The molecule has 2 N–H and O–H groups in total. The molecule has 280 valence electrons. The molecule has 0 spiro atoms. The van der Waals surface area contributed by atoms with Gasteiger partial charge in [-0.2, -0.15) is 13.2 Å². The maximum Gasteiger partial charge on any atom is 0.416 e. The number of fused-ring (bicyclic) bond motifs is 1. The molecule has 1 amide bonds. The molecular weight excluding hydrogens is 651 g/mol. The van der Waals surface area contributed by atoms with Gasteiger partial charge in [0.1, 0.15) is 0 Å². The predicted molar refractivity (Wildman–Crippen MR) is 202 cm³/mol. The lowest BCUT2D eigenvalue weighted by Gasteiger charge is -2.40. The molecular formula is C42H58F3N3O3. The number of aryl methyl sites for hydroxylation is 1. The number of aliphatic hydroxyl groups excluding tert-OH is 1. The van der Waals surface area contributed by atoms with Crippen molar-refractivity contribution >= 4 is 11.7 Å². The number of amides is 1. The van der Waals surface area contributed by atoms with E-state index < -0.39 is 17.2 Å². The van der Waals surface area contributed by atoms with Crippen LogP contribution in [0, 0.1) is 0 Å². The highest BCUT2D eigenvalue weighted by molar-refractivity contribution is 5.98. The van der Waals surface area contributed by atoms with Crippen molar-refractivity contribution in [3.05, 3.63) is 117 Å². The van der Waals surface area contributed by atoms with Crippen LogP contribution in [0.3, 0.4) is 0 Å². The van der Waals surface area contributed by atoms with Crippen LogP contribution in [0.5, 0.6) is 0 Å². The van der Waals surface area contributed by atoms with Crippen LogP contribution in [-0.2, 0) is 42.3 Å². The van der Waals surface area contributed by atoms with Gasteiger partial charge in [-0.3, -0.25) is 9.59 Å². The number of aliphatic hydroxyl groups is 1. The minimum Gasteiger partial charge on any atom is -0.389 e. The Bertz CT molecular complexity index is 1680. The molecule has 0 saturated carbocycles. The fourth-order valence-corrected chi connectivity index (χ4v) is 6.38. The van der Waals surface area contributed by atoms with Gasteiger partial charge in [-0.25, -0.2) is 0 Å². The van der Waals surface area contributed by atoms with Crippen molar-refractivity contribution in [3.8, 4) is 0 Å². The summed E-state index contributed by atoms with van der Waals surface area (Å²) in [5.74, 6) is -0.227. The number of carbonyl (C=O) groups excluding carboxylic acids is 2. The van der Waals surface area contributed by atoms with E-state index in [1.165, 1.54) is 24.6 Å². The molecule has 0 radical (unpaired) electrons. The van der Waals surface area contributed by atoms with E-state index in [1.54, 1.807) is 24.9 Å². The maximum atomic E-state index is 13.6. The van der Waals surface area contributed by atoms with Crippen LogP contribution in [0.15, 0.2) is 72.0 Å². The van der Waals surface area contributed by atoms with E-state index in [0.29, 0.717) is 36.3 Å². The quantitative estimate of drug-likeness (QED) is 0.125. The number of allylic oxidation sites excluding steroid dienone is 3. The van der Waals surface area contributed by atoms with Gasteiger partial charge in [0.2, 0.25) is 0 Å². The molecule has 1 aromatic heterocycles. The van der Waals surface area contributed by atoms with Crippen LogP contribution in [0.25, 0.3) is 0 Å². The number of benzene rings is 2. The zero-order valence-corrected chi connectivity index (χ0v) is 32.4. The molecule has 0 saturated heterocycles. The molecule has 3 aromatic rings. The normalized spacial score (nSPS) is 14.8. The number of halogens is 3. The number of hydrogen-bond donors (Lipinski definition) is 2. The Labute approximate surface area is 303 Å². The fraction of sp³-hybridized carbons (Fsp3) is 0.476. The fourth-order valence-electron chi connectivity index (χ4n) is 6.38. The highest BCUT2D eigenvalue weighted by Gasteiger charge is 2.41. The predicted octanol–water partition coefficient (Wildman–Crippen LogP) is 9.73. The van der Waals surface area contributed by atoms with Gasteiger partial charge in [0.25, 0.3) is 5.91 Å². The Balaban J connectivity index is 0.000000585. The third-order valence-corrected chi connectivity index (χ3v) is 9.08. The van der Waals surface area contributed by atoms with E-state index in [0.717, 1.165) is 53.1 Å². The molecule has 0 bridgehead atoms. The number of ketones is 1. The number of alkyl halides is 3. The van der Waals surface area contributed by atoms with Crippen molar-refractivity contribution in [1.29, 1.82) is 0 Å². The monoisotopic (exact) mass is 709 g/mol. The Morgan fingerprint density at radius 1 is 0.980 bits per heavy atom. The SMILES string of the molecule is CC.CCC(C)=C/C=C(\NC)C(=O)N1Cc2c(C(C)=O)c(CC)n(Cc3ccc(C(F)(F)F)cc3)c2C(C)(C)C1.CCc1cccc(C(C)O)c1. The van der Waals surface area contributed by atoms with E-state index in [9.17, 15) is 27.9 Å². The number of Topliss-reactive ketones (excluding diaryl/α,β-unsaturated/α-hetero) is 1. The summed E-state index contributed by atoms with van der Waals surface area (Å²) in [6, 6.07) is 13.2. The van der Waals surface area contributed by atoms with Crippen molar-refractivity contribution in [2.75, 3.05) is 13.6 Å². The van der Waals surface area contributed by atoms with E-state index in [2.05, 4.69) is 29.8 Å². The third-order valence-electron chi connectivity index (χ3n) is 9.08. The largest absolute Gasteiger partial charge is 0.416 e. The number of aromatic nitrogens is 1. The smallest absolute Gasteiger partial charge is 0.389 e. The number of hydrogen-bond acceptors (Lipinski definition) is 4. The van der Waals surface area contributed by atoms with Crippen molar-refractivity contribution in [3.63, 3.8) is 0 Å². The second kappa shape index (κ2) is 18.9. The lowest BCUT2D eigenvalue weighted by molar-refractivity contribution is -0.137. The van der Waals surface area contributed by atoms with E-state index in [1.807, 2.05) is 65.8 Å². The summed E-state index contributed by atoms with van der Waals surface area (Å²) < 4.78 is 41.3. The summed E-state index contributed by atoms with van der Waals surface area (Å²) in [7, 11) is 1.72. The van der Waals surface area contributed by atoms with Gasteiger partial charge < -0.3 is 19.9 Å². The molecule has 1 atom stereocenters. The average molecular weight is 710 g/mol. The van der Waals surface area contributed by atoms with Crippen LogP contribution in [-0.4, -0.2) is 39.9 Å². The van der Waals surface area contributed by atoms with Crippen LogP contribution < -0.4 is 5.32 Å². The number of nitrogens with one attached hydrogen (secondary N) is 1. The van der Waals surface area contributed by atoms with Gasteiger partial charge in [-0.15, -0.1) is 0 Å². The second-order valence-electron chi connectivity index (χ2n) is 13.4. The Hall–Kier alpha value is -4.11. The van der Waals surface area contributed by atoms with E-state index in [4.69, 9.17) is 0 Å². The van der Waals surface area contributed by atoms with Gasteiger partial charge in [0.05, 0.1) is 17.4 Å². The molecule has 1 aliphatic heterocycles. The topological polar surface area (TPSA) is 74.6 Å². The molecule has 2 aromatic carbocycles. The van der Waals surface area contributed by atoms with Gasteiger partial charge in [0, 0.05) is 54.6 Å². The zero-order chi connectivity index (χ0) is 38.7. The van der Waals surface area contributed by atoms with E-state index in [-0.39, 0.29) is 24.3 Å². The van der Waals surface area contributed by atoms with Crippen molar-refractivity contribution < 1.29 is 27.9 Å². The van der Waals surface area contributed by atoms with Crippen LogP contribution >= 0.6 is 0 Å². The lowest BCUT2D eigenvalue weighted by atomic mass is 9.81. The minimum absolute atomic E-state index is 0.0831. The first-order valence-corrected chi connectivity index (χ1v) is 18.0. The molecule has 6 nitrogen and oxygen atoms in total. The molecule has 1 aliphatic rings. The van der Waals surface area contributed by atoms with Gasteiger partial charge >= 0.3 is 6.18 Å². The first-order chi connectivity index (χ1) is 24.0. The number of rotatable bonds is 10. The van der Waals surface area contributed by atoms with Crippen molar-refractivity contribution in [1.82, 2.24) is 14.8 Å². The first-order valence-electron chi connectivity index (χ1n) is 18.0. The summed E-state index contributed by atoms with van der Waals surface area (Å²) in [4.78, 5) is 28.3. The van der Waals surface area contributed by atoms with Crippen LogP contribution in [0.4, 0.5) is 13.2 Å². The van der Waals surface area contributed by atoms with Crippen molar-refractivity contribution in [2.45, 2.75) is 119 Å². The summed E-state index contributed by atoms with van der Waals surface area (Å²) >= 11 is 0. The van der Waals surface area contributed by atoms with Gasteiger partial charge in [-0.1, -0.05) is 96.5 Å². The third kappa shape index (κ3) is 10.9.